The van der Waals surface area contributed by atoms with Crippen molar-refractivity contribution in [2.24, 2.45) is 0 Å². The molecule has 0 aliphatic heterocycles. The van der Waals surface area contributed by atoms with E-state index in [2.05, 4.69) is 10.1 Å². The number of nitrogens with one attached hydrogen (secondary N) is 1. The van der Waals surface area contributed by atoms with E-state index in [0.717, 1.165) is 11.1 Å². The molecule has 34 heavy (non-hydrogen) atoms. The largest absolute Gasteiger partial charge is 0.867 e. The van der Waals surface area contributed by atoms with Gasteiger partial charge in [-0.2, -0.15) is 13.3 Å². The normalized spacial score (nSPS) is 11.6. The van der Waals surface area contributed by atoms with Crippen LogP contribution in [0.15, 0.2) is 109 Å². The first-order valence-corrected chi connectivity index (χ1v) is 10.8. The fourth-order valence-electron chi connectivity index (χ4n) is 3.38. The van der Waals surface area contributed by atoms with E-state index in [-0.39, 0.29) is 22.2 Å². The predicted molar refractivity (Wildman–Crippen MR) is 131 cm³/mol. The maximum absolute atomic E-state index is 13.5. The van der Waals surface area contributed by atoms with Crippen molar-refractivity contribution in [1.82, 2.24) is 0 Å². The molecule has 0 bridgehead atoms. The third-order valence-corrected chi connectivity index (χ3v) is 5.29. The van der Waals surface area contributed by atoms with Gasteiger partial charge in [-0.1, -0.05) is 72.9 Å². The zero-order valence-corrected chi connectivity index (χ0v) is 18.7. The van der Waals surface area contributed by atoms with Crippen molar-refractivity contribution in [3.8, 4) is 16.9 Å². The Bertz CT molecular complexity index is 1280. The summed E-state index contributed by atoms with van der Waals surface area (Å²) < 4.78 is 30.8. The molecule has 0 unspecified atom stereocenters. The van der Waals surface area contributed by atoms with Crippen molar-refractivity contribution in [3.63, 3.8) is 0 Å². The third-order valence-electron chi connectivity index (χ3n) is 5.00. The highest BCUT2D eigenvalue weighted by atomic mass is 32.1. The van der Waals surface area contributed by atoms with Crippen LogP contribution in [0, 0.1) is 0 Å². The number of alkyl halides is 2. The molecule has 0 spiro atoms. The Morgan fingerprint density at radius 1 is 0.794 bits per heavy atom. The number of rotatable bonds is 7. The minimum Gasteiger partial charge on any atom is -0.867 e. The molecule has 1 aromatic heterocycles. The maximum atomic E-state index is 13.5. The smallest absolute Gasteiger partial charge is 0.387 e. The maximum Gasteiger partial charge on any atom is 0.387 e. The summed E-state index contributed by atoms with van der Waals surface area (Å²) in [5.74, 6) is -0.228. The van der Waals surface area contributed by atoms with Crippen LogP contribution in [0.1, 0.15) is 5.56 Å². The monoisotopic (exact) mass is 474 g/mol. The molecule has 0 saturated carbocycles. The van der Waals surface area contributed by atoms with Crippen molar-refractivity contribution in [1.29, 1.82) is 0 Å². The van der Waals surface area contributed by atoms with E-state index in [0.29, 0.717) is 11.3 Å². The number of pyridine rings is 1. The summed E-state index contributed by atoms with van der Waals surface area (Å²) in [4.78, 5) is 0.191. The Labute approximate surface area is 201 Å². The second-order valence-corrected chi connectivity index (χ2v) is 7.67. The number of anilines is 1. The Hall–Kier alpha value is -4.10. The lowest BCUT2D eigenvalue weighted by Gasteiger charge is -2.17. The molecule has 170 valence electrons. The summed E-state index contributed by atoms with van der Waals surface area (Å²) in [6, 6.07) is 28.6. The fraction of sp³-hybridized carbons (Fsp3) is 0.0370. The van der Waals surface area contributed by atoms with Crippen LogP contribution in [0.2, 0.25) is 0 Å². The van der Waals surface area contributed by atoms with Gasteiger partial charge in [-0.25, -0.2) is 0 Å². The molecule has 3 aromatic carbocycles. The average Bonchev–Trinajstić information content (AvgIpc) is 2.86. The van der Waals surface area contributed by atoms with Crippen LogP contribution in [0.3, 0.4) is 0 Å². The topological polar surface area (TPSA) is 48.2 Å². The van der Waals surface area contributed by atoms with Crippen molar-refractivity contribution >= 4 is 34.3 Å². The minimum atomic E-state index is -2.90. The summed E-state index contributed by atoms with van der Waals surface area (Å²) in [7, 11) is 0. The van der Waals surface area contributed by atoms with E-state index in [1.807, 2.05) is 48.5 Å². The van der Waals surface area contributed by atoms with Gasteiger partial charge in [0.15, 0.2) is 17.4 Å². The first-order chi connectivity index (χ1) is 16.5. The van der Waals surface area contributed by atoms with E-state index in [1.54, 1.807) is 53.4 Å². The van der Waals surface area contributed by atoms with Gasteiger partial charge in [0.25, 0.3) is 0 Å². The summed E-state index contributed by atoms with van der Waals surface area (Å²) in [6.07, 6.45) is 3.47. The van der Waals surface area contributed by atoms with Crippen LogP contribution in [0.5, 0.6) is 5.75 Å². The molecule has 0 fully saturated rings. The highest BCUT2D eigenvalue weighted by Gasteiger charge is 2.19. The van der Waals surface area contributed by atoms with E-state index >= 15 is 0 Å². The zero-order chi connectivity index (χ0) is 23.9. The van der Waals surface area contributed by atoms with Gasteiger partial charge >= 0.3 is 6.61 Å². The van der Waals surface area contributed by atoms with E-state index in [1.165, 1.54) is 12.1 Å². The van der Waals surface area contributed by atoms with E-state index in [4.69, 9.17) is 12.2 Å². The summed E-state index contributed by atoms with van der Waals surface area (Å²) in [6.45, 7) is -2.90. The third kappa shape index (κ3) is 5.63. The van der Waals surface area contributed by atoms with Gasteiger partial charge in [0, 0.05) is 17.8 Å². The number of benzene rings is 3. The van der Waals surface area contributed by atoms with Gasteiger partial charge in [0.05, 0.1) is 0 Å². The predicted octanol–water partition coefficient (Wildman–Crippen LogP) is 5.37. The second kappa shape index (κ2) is 10.7. The molecular weight excluding hydrogens is 454 g/mol. The first-order valence-electron chi connectivity index (χ1n) is 10.4. The van der Waals surface area contributed by atoms with Gasteiger partial charge in [-0.15, -0.1) is 0 Å². The number of thiocarbonyl (C=S) groups is 1. The molecule has 0 aliphatic rings. The standard InChI is InChI=1S/C27H20F2N2O2S/c28-27(29)33-23-15-13-22(14-16-23)30-26(34)24(31-17-5-2-6-18-31)25(32)21-11-9-20(10-12-21)19-7-3-1-4-8-19/h1-18,27H,(H-,30,32,34). The number of aromatic nitrogens is 1. The van der Waals surface area contributed by atoms with Gasteiger partial charge in [-0.05, 0) is 46.7 Å². The van der Waals surface area contributed by atoms with Crippen molar-refractivity contribution < 1.29 is 23.2 Å². The summed E-state index contributed by atoms with van der Waals surface area (Å²) in [5.41, 5.74) is 3.33. The number of nitrogens with zero attached hydrogens (tertiary/aromatic N) is 1. The van der Waals surface area contributed by atoms with Gasteiger partial charge in [-0.3, -0.25) is 0 Å². The highest BCUT2D eigenvalue weighted by molar-refractivity contribution is 7.81. The lowest BCUT2D eigenvalue weighted by molar-refractivity contribution is -0.577. The van der Waals surface area contributed by atoms with Crippen LogP contribution in [-0.4, -0.2) is 11.6 Å². The van der Waals surface area contributed by atoms with Crippen LogP contribution >= 0.6 is 12.2 Å². The number of halogens is 2. The van der Waals surface area contributed by atoms with E-state index in [9.17, 15) is 13.9 Å². The van der Waals surface area contributed by atoms with Gasteiger partial charge < -0.3 is 15.2 Å². The van der Waals surface area contributed by atoms with Crippen molar-refractivity contribution in [3.05, 3.63) is 115 Å². The van der Waals surface area contributed by atoms with Crippen LogP contribution < -0.4 is 19.7 Å². The Balaban J connectivity index is 1.65. The highest BCUT2D eigenvalue weighted by Crippen LogP contribution is 2.23. The molecule has 0 aliphatic carbocycles. The lowest BCUT2D eigenvalue weighted by atomic mass is 10.0. The molecule has 4 rings (SSSR count). The lowest BCUT2D eigenvalue weighted by Crippen LogP contribution is -2.39. The number of hydrogen-bond acceptors (Lipinski definition) is 3. The van der Waals surface area contributed by atoms with Crippen molar-refractivity contribution in [2.75, 3.05) is 5.32 Å². The molecule has 1 heterocycles. The number of hydrogen-bond donors (Lipinski definition) is 1. The average molecular weight is 475 g/mol. The summed E-state index contributed by atoms with van der Waals surface area (Å²) in [5, 5.41) is 16.5. The quantitative estimate of drug-likeness (QED) is 0.169. The van der Waals surface area contributed by atoms with Crippen molar-refractivity contribution in [2.45, 2.75) is 6.61 Å². The second-order valence-electron chi connectivity index (χ2n) is 7.26. The van der Waals surface area contributed by atoms with Crippen LogP contribution in [-0.2, 0) is 0 Å². The van der Waals surface area contributed by atoms with Gasteiger partial charge in [0.1, 0.15) is 5.75 Å². The zero-order valence-electron chi connectivity index (χ0n) is 17.9. The molecule has 4 aromatic rings. The minimum absolute atomic E-state index is 0.0303. The fourth-order valence-corrected chi connectivity index (χ4v) is 3.69. The Morgan fingerprint density at radius 3 is 2.00 bits per heavy atom. The van der Waals surface area contributed by atoms with E-state index < -0.39 is 6.61 Å². The SMILES string of the molecule is [O-]C(=C(C(=S)Nc1ccc(OC(F)F)cc1)[n+]1ccccc1)c1ccc(-c2ccccc2)cc1. The van der Waals surface area contributed by atoms with Crippen LogP contribution in [0.25, 0.3) is 22.6 Å². The first kappa shape index (κ1) is 23.1. The molecule has 0 radical (unpaired) electrons. The van der Waals surface area contributed by atoms with Gasteiger partial charge in [0.2, 0.25) is 5.70 Å². The Morgan fingerprint density at radius 2 is 1.38 bits per heavy atom. The molecule has 0 saturated heterocycles. The summed E-state index contributed by atoms with van der Waals surface area (Å²) >= 11 is 5.58. The van der Waals surface area contributed by atoms with Crippen LogP contribution in [0.4, 0.5) is 14.5 Å². The molecule has 0 amide bonds. The molecular formula is C27H20F2N2O2S. The molecule has 1 N–H and O–H groups in total. The molecule has 7 heteroatoms. The molecule has 0 atom stereocenters. The number of ether oxygens (including phenoxy) is 1. The Kier molecular flexibility index (Phi) is 7.25. The molecule has 4 nitrogen and oxygen atoms in total.